The molecule has 19 heavy (non-hydrogen) atoms. The highest BCUT2D eigenvalue weighted by Gasteiger charge is 2.70. The van der Waals surface area contributed by atoms with Crippen molar-refractivity contribution in [3.8, 4) is 0 Å². The molecular weight excluding hydrogens is 265 g/mol. The van der Waals surface area contributed by atoms with E-state index in [0.29, 0.717) is 12.8 Å². The molecule has 110 valence electrons. The van der Waals surface area contributed by atoms with Crippen LogP contribution in [0.5, 0.6) is 0 Å². The fourth-order valence-electron chi connectivity index (χ4n) is 3.49. The monoisotopic (exact) mass is 282 g/mol. The predicted molar refractivity (Wildman–Crippen MR) is 56.8 cm³/mol. The number of alkyl halides is 3. The molecule has 1 aliphatic carbocycles. The topological polar surface area (TPSA) is 36.9 Å². The van der Waals surface area contributed by atoms with Crippen molar-refractivity contribution in [3.63, 3.8) is 0 Å². The molecule has 4 atom stereocenters. The summed E-state index contributed by atoms with van der Waals surface area (Å²) in [4.78, 5) is 9.98. The molecule has 2 bridgehead atoms. The average Bonchev–Trinajstić information content (AvgIpc) is 2.63. The average molecular weight is 282 g/mol. The Morgan fingerprint density at radius 2 is 1.89 bits per heavy atom. The van der Waals surface area contributed by atoms with Gasteiger partial charge in [-0.1, -0.05) is 12.8 Å². The molecule has 7 heteroatoms. The zero-order chi connectivity index (χ0) is 13.7. The van der Waals surface area contributed by atoms with Crippen molar-refractivity contribution >= 4 is 0 Å². The Bertz CT molecular complexity index is 357. The smallest absolute Gasteiger partial charge is 0.353 e. The van der Waals surface area contributed by atoms with Gasteiger partial charge in [-0.2, -0.15) is 18.1 Å². The molecule has 4 rings (SSSR count). The quantitative estimate of drug-likeness (QED) is 0.693. The standard InChI is InChI=1S/C12H17F3O4/c1-16-9-10-6-3-2-4-8(10)5-7-11(17-9,19-18-10)12(13,14)15/h8-9H,2-7H2,1H3/t8-,9-,10+,11-/m1/s1. The molecule has 0 unspecified atom stereocenters. The van der Waals surface area contributed by atoms with Crippen LogP contribution in [0, 0.1) is 5.92 Å². The van der Waals surface area contributed by atoms with Gasteiger partial charge in [-0.05, 0) is 25.2 Å². The summed E-state index contributed by atoms with van der Waals surface area (Å²) in [5, 5.41) is 0. The molecule has 4 fully saturated rings. The zero-order valence-corrected chi connectivity index (χ0v) is 10.7. The lowest BCUT2D eigenvalue weighted by Gasteiger charge is -2.49. The first-order chi connectivity index (χ1) is 8.94. The summed E-state index contributed by atoms with van der Waals surface area (Å²) >= 11 is 0. The van der Waals surface area contributed by atoms with Crippen LogP contribution in [-0.2, 0) is 19.2 Å². The molecule has 0 amide bonds. The third kappa shape index (κ3) is 1.82. The van der Waals surface area contributed by atoms with Crippen LogP contribution in [0.1, 0.15) is 38.5 Å². The number of hydrogen-bond acceptors (Lipinski definition) is 4. The molecule has 4 aliphatic rings. The number of rotatable bonds is 1. The van der Waals surface area contributed by atoms with E-state index in [2.05, 4.69) is 0 Å². The Morgan fingerprint density at radius 3 is 2.58 bits per heavy atom. The fraction of sp³-hybridized carbons (Fsp3) is 1.00. The minimum absolute atomic E-state index is 0.0158. The lowest BCUT2D eigenvalue weighted by molar-refractivity contribution is -0.587. The van der Waals surface area contributed by atoms with Crippen LogP contribution in [0.3, 0.4) is 0 Å². The van der Waals surface area contributed by atoms with E-state index < -0.39 is 23.9 Å². The zero-order valence-electron chi connectivity index (χ0n) is 10.7. The summed E-state index contributed by atoms with van der Waals surface area (Å²) in [6.45, 7) is 0. The van der Waals surface area contributed by atoms with Crippen LogP contribution < -0.4 is 0 Å². The van der Waals surface area contributed by atoms with Crippen molar-refractivity contribution in [2.45, 2.75) is 62.4 Å². The summed E-state index contributed by atoms with van der Waals surface area (Å²) in [5.74, 6) is -2.70. The van der Waals surface area contributed by atoms with Gasteiger partial charge < -0.3 is 9.47 Å². The maximum absolute atomic E-state index is 13.2. The second-order valence-electron chi connectivity index (χ2n) is 5.54. The van der Waals surface area contributed by atoms with Crippen LogP contribution in [-0.4, -0.2) is 31.0 Å². The normalized spacial score (nSPS) is 46.7. The van der Waals surface area contributed by atoms with Crippen molar-refractivity contribution in [3.05, 3.63) is 0 Å². The molecule has 0 aromatic heterocycles. The minimum atomic E-state index is -4.64. The van der Waals surface area contributed by atoms with Gasteiger partial charge in [0, 0.05) is 13.5 Å². The Kier molecular flexibility index (Phi) is 3.09. The highest BCUT2D eigenvalue weighted by atomic mass is 19.4. The second kappa shape index (κ2) is 4.31. The highest BCUT2D eigenvalue weighted by molar-refractivity contribution is 5.01. The molecule has 1 spiro atoms. The van der Waals surface area contributed by atoms with Crippen LogP contribution in [0.25, 0.3) is 0 Å². The van der Waals surface area contributed by atoms with Gasteiger partial charge in [0.15, 0.2) is 11.9 Å². The molecule has 3 heterocycles. The van der Waals surface area contributed by atoms with E-state index in [-0.39, 0.29) is 12.3 Å². The summed E-state index contributed by atoms with van der Waals surface area (Å²) in [6.07, 6.45) is -2.26. The molecule has 0 aromatic carbocycles. The molecule has 4 nitrogen and oxygen atoms in total. The summed E-state index contributed by atoms with van der Waals surface area (Å²) < 4.78 is 49.9. The lowest BCUT2D eigenvalue weighted by Crippen LogP contribution is -2.63. The molecule has 0 aromatic rings. The highest BCUT2D eigenvalue weighted by Crippen LogP contribution is 2.55. The Balaban J connectivity index is 1.98. The minimum Gasteiger partial charge on any atom is -0.353 e. The third-order valence-corrected chi connectivity index (χ3v) is 4.56. The summed E-state index contributed by atoms with van der Waals surface area (Å²) in [6, 6.07) is 0. The van der Waals surface area contributed by atoms with Crippen LogP contribution in [0.2, 0.25) is 0 Å². The molecule has 3 saturated heterocycles. The van der Waals surface area contributed by atoms with Crippen LogP contribution in [0.4, 0.5) is 13.2 Å². The third-order valence-electron chi connectivity index (χ3n) is 4.56. The van der Waals surface area contributed by atoms with Gasteiger partial charge >= 0.3 is 6.18 Å². The molecular formula is C12H17F3O4. The Hall–Kier alpha value is -0.370. The van der Waals surface area contributed by atoms with Gasteiger partial charge in [-0.15, -0.1) is 0 Å². The van der Waals surface area contributed by atoms with Crippen molar-refractivity contribution in [1.82, 2.24) is 0 Å². The van der Waals surface area contributed by atoms with Crippen molar-refractivity contribution in [1.29, 1.82) is 0 Å². The SMILES string of the molecule is CO[C@@H]1O[C@]2(C(F)(F)F)CC[C@H]3CCCC[C@]31OO2. The summed E-state index contributed by atoms with van der Waals surface area (Å²) in [5.41, 5.74) is -0.891. The summed E-state index contributed by atoms with van der Waals surface area (Å²) in [7, 11) is 1.35. The van der Waals surface area contributed by atoms with E-state index in [1.54, 1.807) is 0 Å². The van der Waals surface area contributed by atoms with Crippen molar-refractivity contribution in [2.24, 2.45) is 5.92 Å². The number of fused-ring (bicyclic) bond motifs is 3. The van der Waals surface area contributed by atoms with Gasteiger partial charge in [0.2, 0.25) is 0 Å². The predicted octanol–water partition coefficient (Wildman–Crippen LogP) is 2.92. The first-order valence-electron chi connectivity index (χ1n) is 6.58. The second-order valence-corrected chi connectivity index (χ2v) is 5.54. The molecule has 0 N–H and O–H groups in total. The van der Waals surface area contributed by atoms with Crippen LogP contribution in [0.15, 0.2) is 0 Å². The molecule has 0 radical (unpaired) electrons. The Morgan fingerprint density at radius 1 is 1.11 bits per heavy atom. The number of hydrogen-bond donors (Lipinski definition) is 0. The van der Waals surface area contributed by atoms with Gasteiger partial charge in [0.25, 0.3) is 5.79 Å². The van der Waals surface area contributed by atoms with Gasteiger partial charge in [-0.25, -0.2) is 4.89 Å². The number of ether oxygens (including phenoxy) is 2. The van der Waals surface area contributed by atoms with E-state index in [1.807, 2.05) is 0 Å². The van der Waals surface area contributed by atoms with Gasteiger partial charge in [0.1, 0.15) is 0 Å². The molecule has 3 aliphatic heterocycles. The van der Waals surface area contributed by atoms with E-state index >= 15 is 0 Å². The van der Waals surface area contributed by atoms with Gasteiger partial charge in [0.05, 0.1) is 0 Å². The van der Waals surface area contributed by atoms with Crippen molar-refractivity contribution in [2.75, 3.05) is 7.11 Å². The number of methoxy groups -OCH3 is 1. The van der Waals surface area contributed by atoms with Crippen molar-refractivity contribution < 1.29 is 32.4 Å². The van der Waals surface area contributed by atoms with E-state index in [1.165, 1.54) is 7.11 Å². The van der Waals surface area contributed by atoms with E-state index in [9.17, 15) is 13.2 Å². The van der Waals surface area contributed by atoms with E-state index in [0.717, 1.165) is 19.3 Å². The lowest BCUT2D eigenvalue weighted by atomic mass is 9.73. The molecule has 1 saturated carbocycles. The maximum Gasteiger partial charge on any atom is 0.446 e. The first kappa shape index (κ1) is 13.6. The fourth-order valence-corrected chi connectivity index (χ4v) is 3.49. The maximum atomic E-state index is 13.2. The van der Waals surface area contributed by atoms with Crippen LogP contribution >= 0.6 is 0 Å². The van der Waals surface area contributed by atoms with Gasteiger partial charge in [-0.3, -0.25) is 0 Å². The first-order valence-corrected chi connectivity index (χ1v) is 6.58. The Labute approximate surface area is 109 Å². The van der Waals surface area contributed by atoms with E-state index in [4.69, 9.17) is 19.2 Å². The largest absolute Gasteiger partial charge is 0.446 e. The number of halogens is 3.